The average Bonchev–Trinajstić information content (AvgIpc) is 2.71. The molecule has 2 aliphatic heterocycles. The standard InChI is InChI=1S/C10H18INO2S/c1-7-14-9(6-15(7)13)10-8(5-11)3-4-12(10)2/h7-10H,3-6H2,1-2H3/t7-,8?,9+,10+,15-/m1/s1. The van der Waals surface area contributed by atoms with Gasteiger partial charge in [0.1, 0.15) is 5.44 Å². The first-order valence-electron chi connectivity index (χ1n) is 5.42. The van der Waals surface area contributed by atoms with Gasteiger partial charge in [-0.25, -0.2) is 0 Å². The summed E-state index contributed by atoms with van der Waals surface area (Å²) < 4.78 is 18.6. The first kappa shape index (κ1) is 12.3. The molecule has 2 saturated heterocycles. The Morgan fingerprint density at radius 1 is 1.60 bits per heavy atom. The van der Waals surface area contributed by atoms with E-state index in [9.17, 15) is 4.21 Å². The van der Waals surface area contributed by atoms with E-state index in [0.29, 0.717) is 12.0 Å². The Kier molecular flexibility index (Phi) is 4.07. The molecule has 0 aromatic rings. The summed E-state index contributed by atoms with van der Waals surface area (Å²) in [6.07, 6.45) is 1.44. The Balaban J connectivity index is 2.06. The maximum Gasteiger partial charge on any atom is 0.130 e. The van der Waals surface area contributed by atoms with Crippen LogP contribution in [-0.4, -0.2) is 50.5 Å². The maximum absolute atomic E-state index is 11.6. The lowest BCUT2D eigenvalue weighted by molar-refractivity contribution is 0.0150. The number of hydrogen-bond donors (Lipinski definition) is 0. The van der Waals surface area contributed by atoms with E-state index in [2.05, 4.69) is 34.5 Å². The highest BCUT2D eigenvalue weighted by Crippen LogP contribution is 2.32. The fourth-order valence-electron chi connectivity index (χ4n) is 2.63. The highest BCUT2D eigenvalue weighted by atomic mass is 127. The first-order valence-corrected chi connectivity index (χ1v) is 8.33. The van der Waals surface area contributed by atoms with Crippen LogP contribution in [0.2, 0.25) is 0 Å². The van der Waals surface area contributed by atoms with Gasteiger partial charge in [0.15, 0.2) is 0 Å². The van der Waals surface area contributed by atoms with Gasteiger partial charge in [-0.15, -0.1) is 0 Å². The fraction of sp³-hybridized carbons (Fsp3) is 1.00. The van der Waals surface area contributed by atoms with Crippen LogP contribution >= 0.6 is 22.6 Å². The molecule has 0 aliphatic carbocycles. The van der Waals surface area contributed by atoms with Crippen LogP contribution in [0.4, 0.5) is 0 Å². The van der Waals surface area contributed by atoms with Gasteiger partial charge in [0.25, 0.3) is 0 Å². The predicted octanol–water partition coefficient (Wildman–Crippen LogP) is 1.24. The second-order valence-electron chi connectivity index (χ2n) is 4.46. The molecule has 88 valence electrons. The quantitative estimate of drug-likeness (QED) is 0.558. The zero-order valence-corrected chi connectivity index (χ0v) is 12.2. The summed E-state index contributed by atoms with van der Waals surface area (Å²) in [7, 11) is 1.38. The van der Waals surface area contributed by atoms with Crippen LogP contribution < -0.4 is 0 Å². The number of likely N-dealkylation sites (tertiary alicyclic amines) is 1. The van der Waals surface area contributed by atoms with Crippen molar-refractivity contribution in [1.82, 2.24) is 4.90 Å². The van der Waals surface area contributed by atoms with Crippen LogP contribution in [0.5, 0.6) is 0 Å². The highest BCUT2D eigenvalue weighted by molar-refractivity contribution is 14.1. The Morgan fingerprint density at radius 2 is 2.33 bits per heavy atom. The van der Waals surface area contributed by atoms with Crippen LogP contribution in [0.1, 0.15) is 13.3 Å². The predicted molar refractivity (Wildman–Crippen MR) is 70.8 cm³/mol. The zero-order chi connectivity index (χ0) is 11.0. The third kappa shape index (κ3) is 2.40. The van der Waals surface area contributed by atoms with Gasteiger partial charge in [-0.3, -0.25) is 4.21 Å². The number of ether oxygens (including phenoxy) is 1. The van der Waals surface area contributed by atoms with Gasteiger partial charge in [0.2, 0.25) is 0 Å². The second kappa shape index (κ2) is 4.98. The molecule has 0 bridgehead atoms. The van der Waals surface area contributed by atoms with Crippen molar-refractivity contribution in [2.45, 2.75) is 30.9 Å². The molecule has 5 heteroatoms. The molecule has 0 aromatic heterocycles. The summed E-state index contributed by atoms with van der Waals surface area (Å²) in [5.41, 5.74) is -0.0705. The molecule has 2 aliphatic rings. The van der Waals surface area contributed by atoms with E-state index in [4.69, 9.17) is 4.74 Å². The minimum atomic E-state index is -0.777. The van der Waals surface area contributed by atoms with Crippen molar-refractivity contribution in [3.8, 4) is 0 Å². The first-order chi connectivity index (χ1) is 7.13. The number of alkyl halides is 1. The molecule has 0 spiro atoms. The van der Waals surface area contributed by atoms with E-state index in [1.807, 2.05) is 6.92 Å². The topological polar surface area (TPSA) is 29.5 Å². The van der Waals surface area contributed by atoms with Crippen molar-refractivity contribution in [2.24, 2.45) is 5.92 Å². The van der Waals surface area contributed by atoms with Gasteiger partial charge in [-0.2, -0.15) is 0 Å². The van der Waals surface area contributed by atoms with Crippen LogP contribution in [-0.2, 0) is 15.5 Å². The number of nitrogens with zero attached hydrogens (tertiary/aromatic N) is 1. The van der Waals surface area contributed by atoms with Gasteiger partial charge >= 0.3 is 0 Å². The third-order valence-corrected chi connectivity index (χ3v) is 6.13. The summed E-state index contributed by atoms with van der Waals surface area (Å²) in [5.74, 6) is 1.44. The molecule has 0 N–H and O–H groups in total. The maximum atomic E-state index is 11.6. The van der Waals surface area contributed by atoms with Crippen molar-refractivity contribution in [3.05, 3.63) is 0 Å². The van der Waals surface area contributed by atoms with Crippen molar-refractivity contribution in [1.29, 1.82) is 0 Å². The monoisotopic (exact) mass is 343 g/mol. The Morgan fingerprint density at radius 3 is 2.87 bits per heavy atom. The van der Waals surface area contributed by atoms with Crippen LogP contribution in [0, 0.1) is 5.92 Å². The molecule has 0 amide bonds. The summed E-state index contributed by atoms with van der Waals surface area (Å²) in [5, 5.41) is 0. The molecule has 0 radical (unpaired) electrons. The third-order valence-electron chi connectivity index (χ3n) is 3.49. The van der Waals surface area contributed by atoms with Crippen molar-refractivity contribution >= 4 is 33.4 Å². The van der Waals surface area contributed by atoms with E-state index in [1.165, 1.54) is 10.8 Å². The molecule has 5 atom stereocenters. The van der Waals surface area contributed by atoms with Crippen molar-refractivity contribution in [2.75, 3.05) is 23.8 Å². The molecule has 15 heavy (non-hydrogen) atoms. The Labute approximate surface area is 108 Å². The smallest absolute Gasteiger partial charge is 0.130 e. The Hall–Kier alpha value is 0.800. The second-order valence-corrected chi connectivity index (χ2v) is 7.10. The highest BCUT2D eigenvalue weighted by Gasteiger charge is 2.42. The summed E-state index contributed by atoms with van der Waals surface area (Å²) >= 11 is 2.45. The summed E-state index contributed by atoms with van der Waals surface area (Å²) in [4.78, 5) is 2.38. The molecule has 2 fully saturated rings. The normalized spacial score (nSPS) is 47.5. The van der Waals surface area contributed by atoms with Gasteiger partial charge in [0, 0.05) is 10.5 Å². The van der Waals surface area contributed by atoms with Crippen LogP contribution in [0.25, 0.3) is 0 Å². The lowest BCUT2D eigenvalue weighted by atomic mass is 9.98. The van der Waals surface area contributed by atoms with Crippen molar-refractivity contribution in [3.63, 3.8) is 0 Å². The molecular weight excluding hydrogens is 325 g/mol. The molecule has 1 unspecified atom stereocenters. The number of hydrogen-bond acceptors (Lipinski definition) is 3. The van der Waals surface area contributed by atoms with E-state index in [1.54, 1.807) is 0 Å². The lowest BCUT2D eigenvalue weighted by Gasteiger charge is -2.28. The van der Waals surface area contributed by atoms with Gasteiger partial charge in [0.05, 0.1) is 22.7 Å². The van der Waals surface area contributed by atoms with E-state index in [0.717, 1.165) is 12.3 Å². The van der Waals surface area contributed by atoms with Crippen molar-refractivity contribution < 1.29 is 8.95 Å². The molecule has 2 heterocycles. The lowest BCUT2D eigenvalue weighted by Crippen LogP contribution is -2.42. The molecular formula is C10H18INO2S. The fourth-order valence-corrected chi connectivity index (χ4v) is 4.73. The van der Waals surface area contributed by atoms with E-state index in [-0.39, 0.29) is 11.5 Å². The number of halogens is 1. The SMILES string of the molecule is C[C@@H]1O[C@H]([C@@H]2C(CI)CCN2C)C[S@]1=O. The number of likely N-dealkylation sites (N-methyl/N-ethyl adjacent to an activating group) is 1. The van der Waals surface area contributed by atoms with E-state index >= 15 is 0 Å². The van der Waals surface area contributed by atoms with E-state index < -0.39 is 10.8 Å². The molecule has 3 nitrogen and oxygen atoms in total. The number of rotatable bonds is 2. The largest absolute Gasteiger partial charge is 0.359 e. The zero-order valence-electron chi connectivity index (χ0n) is 9.19. The summed E-state index contributed by atoms with van der Waals surface area (Å²) in [6, 6.07) is 0.482. The van der Waals surface area contributed by atoms with Crippen LogP contribution in [0.3, 0.4) is 0 Å². The van der Waals surface area contributed by atoms with Gasteiger partial charge in [-0.05, 0) is 32.9 Å². The average molecular weight is 343 g/mol. The minimum absolute atomic E-state index is 0.0705. The van der Waals surface area contributed by atoms with Gasteiger partial charge < -0.3 is 9.64 Å². The molecule has 2 rings (SSSR count). The minimum Gasteiger partial charge on any atom is -0.359 e. The van der Waals surface area contributed by atoms with Crippen LogP contribution in [0.15, 0.2) is 0 Å². The van der Waals surface area contributed by atoms with Gasteiger partial charge in [-0.1, -0.05) is 22.6 Å². The molecule has 0 aromatic carbocycles. The molecule has 0 saturated carbocycles. The Bertz CT molecular complexity index is 264. The summed E-state index contributed by atoms with van der Waals surface area (Å²) in [6.45, 7) is 3.07.